The van der Waals surface area contributed by atoms with Crippen molar-refractivity contribution in [2.45, 2.75) is 17.8 Å². The van der Waals surface area contributed by atoms with E-state index in [1.807, 2.05) is 0 Å². The lowest BCUT2D eigenvalue weighted by Gasteiger charge is -2.38. The molecule has 0 radical (unpaired) electrons. The van der Waals surface area contributed by atoms with Gasteiger partial charge in [-0.1, -0.05) is 48.5 Å². The second-order valence-corrected chi connectivity index (χ2v) is 8.57. The van der Waals surface area contributed by atoms with E-state index in [0.29, 0.717) is 24.3 Å². The Labute approximate surface area is 216 Å². The molecule has 0 spiro atoms. The van der Waals surface area contributed by atoms with E-state index in [2.05, 4.69) is 0 Å². The highest BCUT2D eigenvalue weighted by Crippen LogP contribution is 2.56. The monoisotopic (exact) mass is 548 g/mol. The lowest BCUT2D eigenvalue weighted by Crippen LogP contribution is -2.54. The van der Waals surface area contributed by atoms with Crippen molar-refractivity contribution >= 4 is 11.6 Å². The molecule has 0 unspecified atom stereocenters. The quantitative estimate of drug-likeness (QED) is 0.182. The normalized spacial score (nSPS) is 12.3. The minimum Gasteiger partial charge on any atom is -0.289 e. The first-order valence-corrected chi connectivity index (χ1v) is 11.2. The van der Waals surface area contributed by atoms with Gasteiger partial charge in [0, 0.05) is 22.3 Å². The molecule has 0 heterocycles. The molecular formula is C29H16F8O2. The van der Waals surface area contributed by atoms with Crippen LogP contribution in [0.4, 0.5) is 35.1 Å². The van der Waals surface area contributed by atoms with Crippen LogP contribution in [0.5, 0.6) is 0 Å². The van der Waals surface area contributed by atoms with Gasteiger partial charge in [0.1, 0.15) is 11.6 Å². The lowest BCUT2D eigenvalue weighted by atomic mass is 9.72. The van der Waals surface area contributed by atoms with E-state index < -0.39 is 52.1 Å². The molecule has 39 heavy (non-hydrogen) atoms. The lowest BCUT2D eigenvalue weighted by molar-refractivity contribution is -0.288. The van der Waals surface area contributed by atoms with Gasteiger partial charge >= 0.3 is 12.4 Å². The number of rotatable bonds is 6. The Morgan fingerprint density at radius 3 is 0.872 bits per heavy atom. The number of alkyl halides is 6. The predicted molar refractivity (Wildman–Crippen MR) is 125 cm³/mol. The van der Waals surface area contributed by atoms with Crippen molar-refractivity contribution in [1.29, 1.82) is 0 Å². The number of benzene rings is 4. The van der Waals surface area contributed by atoms with Crippen LogP contribution >= 0.6 is 0 Å². The van der Waals surface area contributed by atoms with Crippen molar-refractivity contribution in [2.24, 2.45) is 0 Å². The average Bonchev–Trinajstić information content (AvgIpc) is 2.88. The molecule has 0 saturated carbocycles. The Hall–Kier alpha value is -4.34. The second-order valence-electron chi connectivity index (χ2n) is 8.57. The third-order valence-corrected chi connectivity index (χ3v) is 6.22. The molecule has 4 rings (SSSR count). The molecule has 0 atom stereocenters. The molecule has 0 aliphatic heterocycles. The van der Waals surface area contributed by atoms with Crippen LogP contribution in [-0.2, 0) is 5.41 Å². The molecule has 0 amide bonds. The summed E-state index contributed by atoms with van der Waals surface area (Å²) in [6.07, 6.45) is -11.8. The van der Waals surface area contributed by atoms with Gasteiger partial charge in [0.2, 0.25) is 5.41 Å². The Bertz CT molecular complexity index is 1370. The zero-order valence-corrected chi connectivity index (χ0v) is 19.6. The third-order valence-electron chi connectivity index (χ3n) is 6.22. The third kappa shape index (κ3) is 5.06. The average molecular weight is 548 g/mol. The molecule has 0 aromatic heterocycles. The van der Waals surface area contributed by atoms with Crippen LogP contribution in [0.25, 0.3) is 0 Å². The summed E-state index contributed by atoms with van der Waals surface area (Å²) in [5.74, 6) is -2.72. The summed E-state index contributed by atoms with van der Waals surface area (Å²) in [4.78, 5) is 25.2. The number of carbonyl (C=O) groups excluding carboxylic acids is 2. The van der Waals surface area contributed by atoms with E-state index >= 15 is 0 Å². The van der Waals surface area contributed by atoms with E-state index in [9.17, 15) is 44.7 Å². The smallest absolute Gasteiger partial charge is 0.289 e. The van der Waals surface area contributed by atoms with Gasteiger partial charge in [-0.15, -0.1) is 0 Å². The largest absolute Gasteiger partial charge is 0.411 e. The Morgan fingerprint density at radius 1 is 0.410 bits per heavy atom. The van der Waals surface area contributed by atoms with Gasteiger partial charge in [-0.2, -0.15) is 26.3 Å². The first kappa shape index (κ1) is 27.7. The van der Waals surface area contributed by atoms with E-state index in [1.165, 1.54) is 0 Å². The molecule has 0 aliphatic carbocycles. The fourth-order valence-corrected chi connectivity index (χ4v) is 4.26. The van der Waals surface area contributed by atoms with Crippen LogP contribution in [0.1, 0.15) is 43.0 Å². The van der Waals surface area contributed by atoms with Crippen LogP contribution in [-0.4, -0.2) is 23.9 Å². The van der Waals surface area contributed by atoms with E-state index in [4.69, 9.17) is 0 Å². The van der Waals surface area contributed by atoms with Gasteiger partial charge in [0.25, 0.3) is 0 Å². The van der Waals surface area contributed by atoms with Crippen molar-refractivity contribution in [3.8, 4) is 0 Å². The van der Waals surface area contributed by atoms with E-state index in [-0.39, 0.29) is 22.3 Å². The molecule has 0 bridgehead atoms. The van der Waals surface area contributed by atoms with Crippen molar-refractivity contribution in [2.75, 3.05) is 0 Å². The van der Waals surface area contributed by atoms with Crippen LogP contribution < -0.4 is 0 Å². The number of halogens is 8. The topological polar surface area (TPSA) is 34.1 Å². The highest BCUT2D eigenvalue weighted by atomic mass is 19.4. The molecule has 200 valence electrons. The predicted octanol–water partition coefficient (Wildman–Crippen LogP) is 7.84. The van der Waals surface area contributed by atoms with Gasteiger partial charge in [-0.05, 0) is 59.7 Å². The second kappa shape index (κ2) is 10.1. The number of carbonyl (C=O) groups is 2. The van der Waals surface area contributed by atoms with Crippen molar-refractivity contribution in [3.63, 3.8) is 0 Å². The molecule has 2 nitrogen and oxygen atoms in total. The Morgan fingerprint density at radius 2 is 0.641 bits per heavy atom. The SMILES string of the molecule is O=C(c1ccc(F)cc1)c1ccc(C(c2ccc(C(=O)c3ccc(F)cc3)cc2)(C(F)(F)F)C(F)(F)F)cc1. The zero-order valence-electron chi connectivity index (χ0n) is 19.6. The van der Waals surface area contributed by atoms with Crippen LogP contribution in [0.2, 0.25) is 0 Å². The molecule has 10 heteroatoms. The minimum absolute atomic E-state index is 0.0107. The number of hydrogen-bond acceptors (Lipinski definition) is 2. The summed E-state index contributed by atoms with van der Waals surface area (Å²) in [6, 6.07) is 14.1. The van der Waals surface area contributed by atoms with Crippen LogP contribution in [0.3, 0.4) is 0 Å². The molecule has 0 saturated heterocycles. The fourth-order valence-electron chi connectivity index (χ4n) is 4.26. The van der Waals surface area contributed by atoms with Crippen molar-refractivity contribution in [3.05, 3.63) is 142 Å². The molecule has 0 aliphatic rings. The van der Waals surface area contributed by atoms with Crippen LogP contribution in [0.15, 0.2) is 97.1 Å². The van der Waals surface area contributed by atoms with Gasteiger partial charge in [0.15, 0.2) is 11.6 Å². The molecular weight excluding hydrogens is 532 g/mol. The summed E-state index contributed by atoms with van der Waals surface area (Å²) in [6.45, 7) is 0. The maximum Gasteiger partial charge on any atom is 0.411 e. The summed E-state index contributed by atoms with van der Waals surface area (Å²) in [7, 11) is 0. The molecule has 0 N–H and O–H groups in total. The maximum absolute atomic E-state index is 14.4. The maximum atomic E-state index is 14.4. The number of hydrogen-bond donors (Lipinski definition) is 0. The number of ketones is 2. The van der Waals surface area contributed by atoms with Crippen LogP contribution in [0, 0.1) is 11.6 Å². The molecule has 4 aromatic rings. The first-order valence-electron chi connectivity index (χ1n) is 11.2. The Kier molecular flexibility index (Phi) is 7.16. The van der Waals surface area contributed by atoms with Gasteiger partial charge in [0.05, 0.1) is 0 Å². The molecule has 4 aromatic carbocycles. The zero-order chi connectivity index (χ0) is 28.6. The Balaban J connectivity index is 1.78. The van der Waals surface area contributed by atoms with Crippen molar-refractivity contribution in [1.82, 2.24) is 0 Å². The van der Waals surface area contributed by atoms with E-state index in [0.717, 1.165) is 72.8 Å². The summed E-state index contributed by atoms with van der Waals surface area (Å²) in [5.41, 5.74) is -7.32. The van der Waals surface area contributed by atoms with Crippen molar-refractivity contribution < 1.29 is 44.7 Å². The molecule has 0 fully saturated rings. The van der Waals surface area contributed by atoms with Gasteiger partial charge in [-0.3, -0.25) is 9.59 Å². The minimum atomic E-state index is -5.88. The summed E-state index contributed by atoms with van der Waals surface area (Å²) >= 11 is 0. The van der Waals surface area contributed by atoms with E-state index in [1.54, 1.807) is 0 Å². The fraction of sp³-hybridized carbons (Fsp3) is 0.103. The standard InChI is InChI=1S/C29H16F8O2/c30-23-13-5-19(6-14-23)25(38)17-1-9-21(10-2-17)27(28(32,33)34,29(35,36)37)22-11-3-18(4-12-22)26(39)20-7-15-24(31)16-8-20/h1-16H. The summed E-state index contributed by atoms with van der Waals surface area (Å²) < 4.78 is 113. The van der Waals surface area contributed by atoms with Gasteiger partial charge < -0.3 is 0 Å². The highest BCUT2D eigenvalue weighted by Gasteiger charge is 2.72. The highest BCUT2D eigenvalue weighted by molar-refractivity contribution is 6.09. The van der Waals surface area contributed by atoms with Gasteiger partial charge in [-0.25, -0.2) is 8.78 Å². The summed E-state index contributed by atoms with van der Waals surface area (Å²) in [5, 5.41) is 0. The first-order chi connectivity index (χ1) is 18.3.